The van der Waals surface area contributed by atoms with Crippen LogP contribution in [0.2, 0.25) is 0 Å². The van der Waals surface area contributed by atoms with Gasteiger partial charge in [0.25, 0.3) is 0 Å². The molecule has 1 fully saturated rings. The summed E-state index contributed by atoms with van der Waals surface area (Å²) < 4.78 is 0. The quantitative estimate of drug-likeness (QED) is 0.693. The van der Waals surface area contributed by atoms with Gasteiger partial charge in [0, 0.05) is 16.8 Å². The Morgan fingerprint density at radius 1 is 1.25 bits per heavy atom. The van der Waals surface area contributed by atoms with E-state index in [-0.39, 0.29) is 5.41 Å². The van der Waals surface area contributed by atoms with Crippen LogP contribution < -0.4 is 10.6 Å². The zero-order valence-corrected chi connectivity index (χ0v) is 9.77. The van der Waals surface area contributed by atoms with Crippen LogP contribution in [-0.2, 0) is 5.41 Å². The normalized spacial score (nSPS) is 21.9. The number of nitrogens with one attached hydrogen (secondary N) is 2. The molecule has 0 radical (unpaired) electrons. The number of rotatable bonds is 0. The van der Waals surface area contributed by atoms with E-state index in [0.29, 0.717) is 0 Å². The van der Waals surface area contributed by atoms with Crippen LogP contribution in [0.15, 0.2) is 30.5 Å². The monoisotopic (exact) mass is 214 g/mol. The van der Waals surface area contributed by atoms with Crippen LogP contribution in [0.1, 0.15) is 24.0 Å². The van der Waals surface area contributed by atoms with Gasteiger partial charge in [-0.05, 0) is 44.5 Å². The van der Waals surface area contributed by atoms with Crippen LogP contribution in [0.5, 0.6) is 0 Å². The fraction of sp³-hybridized carbons (Fsp3) is 0.429. The number of benzene rings is 1. The molecule has 2 nitrogen and oxygen atoms in total. The third-order valence-corrected chi connectivity index (χ3v) is 4.01. The molecule has 0 unspecified atom stereocenters. The molecule has 0 amide bonds. The SMILES string of the molecule is C=C1Nc2ccc(C)cc2C12CCNCC2. The Balaban J connectivity index is 2.13. The minimum Gasteiger partial charge on any atom is -0.358 e. The van der Waals surface area contributed by atoms with Crippen molar-refractivity contribution in [3.05, 3.63) is 41.6 Å². The lowest BCUT2D eigenvalue weighted by atomic mass is 9.72. The van der Waals surface area contributed by atoms with E-state index >= 15 is 0 Å². The summed E-state index contributed by atoms with van der Waals surface area (Å²) in [5.41, 5.74) is 5.44. The number of hydrogen-bond acceptors (Lipinski definition) is 2. The lowest BCUT2D eigenvalue weighted by Crippen LogP contribution is -2.39. The molecule has 2 aliphatic heterocycles. The first-order valence-corrected chi connectivity index (χ1v) is 6.01. The molecule has 0 atom stereocenters. The smallest absolute Gasteiger partial charge is 0.0424 e. The second kappa shape index (κ2) is 3.36. The van der Waals surface area contributed by atoms with Crippen molar-refractivity contribution in [3.8, 4) is 0 Å². The lowest BCUT2D eigenvalue weighted by molar-refractivity contribution is 0.367. The molecule has 0 bridgehead atoms. The third kappa shape index (κ3) is 1.23. The van der Waals surface area contributed by atoms with Crippen LogP contribution in [0.4, 0.5) is 5.69 Å². The first kappa shape index (κ1) is 9.91. The van der Waals surface area contributed by atoms with Gasteiger partial charge in [-0.1, -0.05) is 24.3 Å². The van der Waals surface area contributed by atoms with E-state index in [4.69, 9.17) is 0 Å². The van der Waals surface area contributed by atoms with Gasteiger partial charge < -0.3 is 10.6 Å². The molecule has 2 heteroatoms. The Labute approximate surface area is 96.7 Å². The third-order valence-electron chi connectivity index (χ3n) is 4.01. The molecule has 1 saturated heterocycles. The maximum atomic E-state index is 4.24. The van der Waals surface area contributed by atoms with Crippen molar-refractivity contribution in [3.63, 3.8) is 0 Å². The standard InChI is InChI=1S/C14H18N2/c1-10-3-4-13-12(9-10)14(11(2)16-13)5-7-15-8-6-14/h3-4,9,15-16H,2,5-8H2,1H3. The van der Waals surface area contributed by atoms with E-state index < -0.39 is 0 Å². The summed E-state index contributed by atoms with van der Waals surface area (Å²) in [5, 5.41) is 6.90. The lowest BCUT2D eigenvalue weighted by Gasteiger charge is -2.35. The van der Waals surface area contributed by atoms with Gasteiger partial charge in [-0.25, -0.2) is 0 Å². The molecule has 0 aromatic heterocycles. The van der Waals surface area contributed by atoms with Gasteiger partial charge in [-0.15, -0.1) is 0 Å². The predicted molar refractivity (Wildman–Crippen MR) is 67.7 cm³/mol. The first-order valence-electron chi connectivity index (χ1n) is 6.01. The average Bonchev–Trinajstić information content (AvgIpc) is 2.55. The summed E-state index contributed by atoms with van der Waals surface area (Å²) >= 11 is 0. The molecule has 0 aliphatic carbocycles. The highest BCUT2D eigenvalue weighted by Crippen LogP contribution is 2.48. The number of anilines is 1. The van der Waals surface area contributed by atoms with Gasteiger partial charge in [0.2, 0.25) is 0 Å². The van der Waals surface area contributed by atoms with Gasteiger partial charge in [0.05, 0.1) is 0 Å². The molecule has 1 spiro atoms. The van der Waals surface area contributed by atoms with E-state index in [1.54, 1.807) is 0 Å². The molecule has 1 aromatic carbocycles. The Hall–Kier alpha value is -1.28. The molecule has 1 aromatic rings. The van der Waals surface area contributed by atoms with Crippen LogP contribution in [-0.4, -0.2) is 13.1 Å². The van der Waals surface area contributed by atoms with Crippen LogP contribution in [0.3, 0.4) is 0 Å². The van der Waals surface area contributed by atoms with Crippen molar-refractivity contribution in [2.45, 2.75) is 25.2 Å². The van der Waals surface area contributed by atoms with Crippen molar-refractivity contribution in [1.29, 1.82) is 0 Å². The zero-order valence-electron chi connectivity index (χ0n) is 9.77. The number of allylic oxidation sites excluding steroid dienone is 1. The van der Waals surface area contributed by atoms with E-state index in [2.05, 4.69) is 42.3 Å². The Kier molecular flexibility index (Phi) is 2.08. The Morgan fingerprint density at radius 2 is 2.00 bits per heavy atom. The van der Waals surface area contributed by atoms with Crippen molar-refractivity contribution < 1.29 is 0 Å². The molecule has 0 saturated carbocycles. The van der Waals surface area contributed by atoms with Crippen LogP contribution in [0, 0.1) is 6.92 Å². The fourth-order valence-corrected chi connectivity index (χ4v) is 3.03. The van der Waals surface area contributed by atoms with Crippen molar-refractivity contribution in [2.24, 2.45) is 0 Å². The van der Waals surface area contributed by atoms with Crippen LogP contribution >= 0.6 is 0 Å². The number of fused-ring (bicyclic) bond motifs is 2. The highest BCUT2D eigenvalue weighted by Gasteiger charge is 2.42. The topological polar surface area (TPSA) is 24.1 Å². The van der Waals surface area contributed by atoms with Gasteiger partial charge in [0.15, 0.2) is 0 Å². The second-order valence-corrected chi connectivity index (χ2v) is 4.98. The minimum absolute atomic E-state index is 0.187. The van der Waals surface area contributed by atoms with Crippen molar-refractivity contribution in [2.75, 3.05) is 18.4 Å². The average molecular weight is 214 g/mol. The number of hydrogen-bond donors (Lipinski definition) is 2. The fourth-order valence-electron chi connectivity index (χ4n) is 3.03. The molecule has 2 aliphatic rings. The van der Waals surface area contributed by atoms with Gasteiger partial charge in [0.1, 0.15) is 0 Å². The molecule has 3 rings (SSSR count). The van der Waals surface area contributed by atoms with Crippen LogP contribution in [0.25, 0.3) is 0 Å². The summed E-state index contributed by atoms with van der Waals surface area (Å²) in [4.78, 5) is 0. The second-order valence-electron chi connectivity index (χ2n) is 4.98. The summed E-state index contributed by atoms with van der Waals surface area (Å²) in [5.74, 6) is 0. The van der Waals surface area contributed by atoms with E-state index in [1.165, 1.54) is 22.5 Å². The van der Waals surface area contributed by atoms with E-state index in [1.807, 2.05) is 0 Å². The van der Waals surface area contributed by atoms with Crippen molar-refractivity contribution >= 4 is 5.69 Å². The maximum absolute atomic E-state index is 4.24. The number of aryl methyl sites for hydroxylation is 1. The molecule has 2 N–H and O–H groups in total. The molecule has 84 valence electrons. The Morgan fingerprint density at radius 3 is 2.75 bits per heavy atom. The van der Waals surface area contributed by atoms with Gasteiger partial charge >= 0.3 is 0 Å². The Bertz CT molecular complexity index is 442. The van der Waals surface area contributed by atoms with E-state index in [9.17, 15) is 0 Å². The maximum Gasteiger partial charge on any atom is 0.0424 e. The first-order chi connectivity index (χ1) is 7.72. The summed E-state index contributed by atoms with van der Waals surface area (Å²) in [6, 6.07) is 6.68. The molecular formula is C14H18N2. The summed E-state index contributed by atoms with van der Waals surface area (Å²) in [6.45, 7) is 8.58. The highest BCUT2D eigenvalue weighted by atomic mass is 15.0. The molecule has 16 heavy (non-hydrogen) atoms. The molecule has 2 heterocycles. The predicted octanol–water partition coefficient (Wildman–Crippen LogP) is 2.56. The minimum atomic E-state index is 0.187. The number of piperidine rings is 1. The highest BCUT2D eigenvalue weighted by molar-refractivity contribution is 5.68. The van der Waals surface area contributed by atoms with E-state index in [0.717, 1.165) is 25.9 Å². The summed E-state index contributed by atoms with van der Waals surface area (Å²) in [7, 11) is 0. The largest absolute Gasteiger partial charge is 0.358 e. The van der Waals surface area contributed by atoms with Crippen molar-refractivity contribution in [1.82, 2.24) is 5.32 Å². The summed E-state index contributed by atoms with van der Waals surface area (Å²) in [6.07, 6.45) is 2.32. The zero-order chi connectivity index (χ0) is 11.2. The van der Waals surface area contributed by atoms with Gasteiger partial charge in [-0.2, -0.15) is 0 Å². The molecular weight excluding hydrogens is 196 g/mol. The van der Waals surface area contributed by atoms with Gasteiger partial charge in [-0.3, -0.25) is 0 Å².